The second-order valence-corrected chi connectivity index (χ2v) is 4.16. The Balaban J connectivity index is 2.24. The molecule has 1 aromatic heterocycles. The zero-order chi connectivity index (χ0) is 13.8. The van der Waals surface area contributed by atoms with E-state index in [9.17, 15) is 14.5 Å². The van der Waals surface area contributed by atoms with Crippen molar-refractivity contribution in [2.75, 3.05) is 5.32 Å². The van der Waals surface area contributed by atoms with Crippen LogP contribution in [0.3, 0.4) is 0 Å². The molecule has 0 aliphatic carbocycles. The first-order valence-corrected chi connectivity index (χ1v) is 5.72. The predicted molar refractivity (Wildman–Crippen MR) is 69.6 cm³/mol. The molecule has 0 aliphatic rings. The molecule has 1 heterocycles. The van der Waals surface area contributed by atoms with Gasteiger partial charge in [0.05, 0.1) is 16.0 Å². The largest absolute Gasteiger partial charge is 0.375 e. The fourth-order valence-corrected chi connectivity index (χ4v) is 1.69. The minimum absolute atomic E-state index is 0.167. The quantitative estimate of drug-likeness (QED) is 0.689. The van der Waals surface area contributed by atoms with E-state index < -0.39 is 10.7 Å². The van der Waals surface area contributed by atoms with Crippen molar-refractivity contribution in [3.63, 3.8) is 0 Å². The summed E-state index contributed by atoms with van der Waals surface area (Å²) in [6.45, 7) is 0.330. The molecule has 0 spiro atoms. The molecule has 0 fully saturated rings. The molecular formula is C12H9ClFN3O2. The molecule has 0 aliphatic heterocycles. The minimum atomic E-state index is -0.819. The van der Waals surface area contributed by atoms with Gasteiger partial charge in [-0.3, -0.25) is 15.1 Å². The Morgan fingerprint density at radius 2 is 2.26 bits per heavy atom. The van der Waals surface area contributed by atoms with Gasteiger partial charge in [0.2, 0.25) is 0 Å². The van der Waals surface area contributed by atoms with Crippen LogP contribution in [0.5, 0.6) is 0 Å². The minimum Gasteiger partial charge on any atom is -0.375 e. The monoisotopic (exact) mass is 281 g/mol. The molecule has 0 atom stereocenters. The summed E-state index contributed by atoms with van der Waals surface area (Å²) in [5.74, 6) is -0.819. The Hall–Kier alpha value is -2.21. The van der Waals surface area contributed by atoms with Crippen molar-refractivity contribution >= 4 is 23.0 Å². The summed E-state index contributed by atoms with van der Waals surface area (Å²) in [4.78, 5) is 14.1. The third kappa shape index (κ3) is 3.17. The highest BCUT2D eigenvalue weighted by Crippen LogP contribution is 2.30. The standard InChI is InChI=1S/C12H9ClFN3O2/c13-9-4-11(12(17(18)19)5-10(9)14)16-7-8-2-1-3-15-6-8/h1-6,16H,7H2. The molecule has 2 aromatic rings. The molecule has 19 heavy (non-hydrogen) atoms. The van der Waals surface area contributed by atoms with E-state index in [0.29, 0.717) is 6.54 Å². The Morgan fingerprint density at radius 1 is 1.47 bits per heavy atom. The van der Waals surface area contributed by atoms with E-state index in [-0.39, 0.29) is 16.4 Å². The van der Waals surface area contributed by atoms with E-state index in [4.69, 9.17) is 11.6 Å². The summed E-state index contributed by atoms with van der Waals surface area (Å²) in [5.41, 5.74) is 0.656. The highest BCUT2D eigenvalue weighted by molar-refractivity contribution is 6.31. The highest BCUT2D eigenvalue weighted by atomic mass is 35.5. The Labute approximate surface area is 113 Å². The number of hydrogen-bond donors (Lipinski definition) is 1. The Bertz CT molecular complexity index is 607. The molecule has 0 bridgehead atoms. The summed E-state index contributed by atoms with van der Waals surface area (Å²) in [5, 5.41) is 13.5. The second kappa shape index (κ2) is 5.62. The van der Waals surface area contributed by atoms with E-state index in [2.05, 4.69) is 10.3 Å². The van der Waals surface area contributed by atoms with Crippen LogP contribution >= 0.6 is 11.6 Å². The lowest BCUT2D eigenvalue weighted by molar-refractivity contribution is -0.384. The van der Waals surface area contributed by atoms with Gasteiger partial charge in [-0.2, -0.15) is 0 Å². The van der Waals surface area contributed by atoms with Crippen LogP contribution in [0.25, 0.3) is 0 Å². The lowest BCUT2D eigenvalue weighted by Crippen LogP contribution is -2.03. The first-order chi connectivity index (χ1) is 9.08. The number of hydrogen-bond acceptors (Lipinski definition) is 4. The number of nitrogens with one attached hydrogen (secondary N) is 1. The Morgan fingerprint density at radius 3 is 2.89 bits per heavy atom. The molecule has 0 unspecified atom stereocenters. The number of anilines is 1. The number of benzene rings is 1. The van der Waals surface area contributed by atoms with Crippen molar-refractivity contribution in [3.05, 3.63) is 63.2 Å². The number of nitro benzene ring substituents is 1. The average Bonchev–Trinajstić information content (AvgIpc) is 2.40. The van der Waals surface area contributed by atoms with Gasteiger partial charge in [-0.25, -0.2) is 4.39 Å². The number of nitrogens with zero attached hydrogens (tertiary/aromatic N) is 2. The van der Waals surface area contributed by atoms with Crippen molar-refractivity contribution in [1.29, 1.82) is 0 Å². The van der Waals surface area contributed by atoms with Crippen molar-refractivity contribution in [1.82, 2.24) is 4.98 Å². The van der Waals surface area contributed by atoms with Gasteiger partial charge in [-0.15, -0.1) is 0 Å². The fraction of sp³-hybridized carbons (Fsp3) is 0.0833. The molecule has 0 amide bonds. The van der Waals surface area contributed by atoms with E-state index in [0.717, 1.165) is 11.6 Å². The van der Waals surface area contributed by atoms with Gasteiger partial charge in [-0.05, 0) is 17.7 Å². The molecule has 98 valence electrons. The van der Waals surface area contributed by atoms with Gasteiger partial charge in [-0.1, -0.05) is 17.7 Å². The normalized spacial score (nSPS) is 10.2. The third-order valence-corrected chi connectivity index (χ3v) is 2.73. The summed E-state index contributed by atoms with van der Waals surface area (Å²) >= 11 is 5.62. The lowest BCUT2D eigenvalue weighted by Gasteiger charge is -2.07. The van der Waals surface area contributed by atoms with Gasteiger partial charge in [0, 0.05) is 18.9 Å². The molecule has 0 saturated heterocycles. The molecule has 0 saturated carbocycles. The van der Waals surface area contributed by atoms with Crippen molar-refractivity contribution in [2.24, 2.45) is 0 Å². The van der Waals surface area contributed by atoms with Crippen LogP contribution < -0.4 is 5.32 Å². The lowest BCUT2D eigenvalue weighted by atomic mass is 10.2. The first kappa shape index (κ1) is 13.2. The number of halogens is 2. The molecule has 5 nitrogen and oxygen atoms in total. The summed E-state index contributed by atoms with van der Waals surface area (Å²) in [6, 6.07) is 5.57. The smallest absolute Gasteiger partial charge is 0.295 e. The first-order valence-electron chi connectivity index (χ1n) is 5.34. The van der Waals surface area contributed by atoms with Crippen LogP contribution in [0.2, 0.25) is 5.02 Å². The van der Waals surface area contributed by atoms with Crippen LogP contribution in [0.4, 0.5) is 15.8 Å². The van der Waals surface area contributed by atoms with Gasteiger partial charge in [0.15, 0.2) is 0 Å². The fourth-order valence-electron chi connectivity index (χ4n) is 1.53. The number of rotatable bonds is 4. The van der Waals surface area contributed by atoms with Crippen molar-refractivity contribution < 1.29 is 9.31 Å². The maximum Gasteiger partial charge on any atom is 0.295 e. The summed E-state index contributed by atoms with van der Waals surface area (Å²) in [6.07, 6.45) is 3.25. The average molecular weight is 282 g/mol. The Kier molecular flexibility index (Phi) is 3.91. The van der Waals surface area contributed by atoms with Gasteiger partial charge in [0.25, 0.3) is 5.69 Å². The van der Waals surface area contributed by atoms with Gasteiger partial charge in [0.1, 0.15) is 11.5 Å². The van der Waals surface area contributed by atoms with Crippen LogP contribution in [-0.4, -0.2) is 9.91 Å². The van der Waals surface area contributed by atoms with E-state index in [1.165, 1.54) is 6.07 Å². The molecular weight excluding hydrogens is 273 g/mol. The number of aromatic nitrogens is 1. The van der Waals surface area contributed by atoms with Gasteiger partial charge < -0.3 is 5.32 Å². The van der Waals surface area contributed by atoms with Crippen LogP contribution in [-0.2, 0) is 6.54 Å². The van der Waals surface area contributed by atoms with Crippen LogP contribution in [0.15, 0.2) is 36.7 Å². The predicted octanol–water partition coefficient (Wildman–Crippen LogP) is 3.39. The maximum absolute atomic E-state index is 13.2. The zero-order valence-corrected chi connectivity index (χ0v) is 10.4. The molecule has 7 heteroatoms. The van der Waals surface area contributed by atoms with Crippen LogP contribution in [0, 0.1) is 15.9 Å². The number of pyridine rings is 1. The van der Waals surface area contributed by atoms with E-state index >= 15 is 0 Å². The molecule has 1 N–H and O–H groups in total. The summed E-state index contributed by atoms with van der Waals surface area (Å²) in [7, 11) is 0. The summed E-state index contributed by atoms with van der Waals surface area (Å²) < 4.78 is 13.2. The van der Waals surface area contributed by atoms with Crippen molar-refractivity contribution in [2.45, 2.75) is 6.54 Å². The van der Waals surface area contributed by atoms with Gasteiger partial charge >= 0.3 is 0 Å². The topological polar surface area (TPSA) is 68.1 Å². The van der Waals surface area contributed by atoms with Crippen molar-refractivity contribution in [3.8, 4) is 0 Å². The number of nitro groups is 1. The third-order valence-electron chi connectivity index (χ3n) is 2.44. The van der Waals surface area contributed by atoms with E-state index in [1.807, 2.05) is 6.07 Å². The molecule has 0 radical (unpaired) electrons. The molecule has 1 aromatic carbocycles. The van der Waals surface area contributed by atoms with E-state index in [1.54, 1.807) is 18.5 Å². The van der Waals surface area contributed by atoms with Crippen LogP contribution in [0.1, 0.15) is 5.56 Å². The second-order valence-electron chi connectivity index (χ2n) is 3.76. The zero-order valence-electron chi connectivity index (χ0n) is 9.64. The molecule has 2 rings (SSSR count). The SMILES string of the molecule is O=[N+]([O-])c1cc(F)c(Cl)cc1NCc1cccnc1. The highest BCUT2D eigenvalue weighted by Gasteiger charge is 2.17. The maximum atomic E-state index is 13.2.